The van der Waals surface area contributed by atoms with Gasteiger partial charge >= 0.3 is 5.97 Å². The van der Waals surface area contributed by atoms with Crippen LogP contribution < -0.4 is 4.74 Å². The Morgan fingerprint density at radius 2 is 2.12 bits per heavy atom. The summed E-state index contributed by atoms with van der Waals surface area (Å²) in [6.45, 7) is 8.93. The summed E-state index contributed by atoms with van der Waals surface area (Å²) in [5.74, 6) is 0.617. The van der Waals surface area contributed by atoms with Crippen LogP contribution >= 0.6 is 0 Å². The monoisotopic (exact) mass is 350 g/mol. The fourth-order valence-electron chi connectivity index (χ4n) is 2.89. The highest BCUT2D eigenvalue weighted by atomic mass is 16.5. The number of likely N-dealkylation sites (N-methyl/N-ethyl adjacent to an activating group) is 1. The van der Waals surface area contributed by atoms with Gasteiger partial charge in [-0.25, -0.2) is 0 Å². The lowest BCUT2D eigenvalue weighted by atomic mass is 10.1. The van der Waals surface area contributed by atoms with Crippen LogP contribution in [0.4, 0.5) is 0 Å². The molecule has 1 aliphatic rings. The summed E-state index contributed by atoms with van der Waals surface area (Å²) < 4.78 is 11.5. The van der Waals surface area contributed by atoms with Crippen molar-refractivity contribution in [2.24, 2.45) is 5.92 Å². The summed E-state index contributed by atoms with van der Waals surface area (Å²) >= 11 is 0. The Hall–Kier alpha value is -1.63. The predicted molar refractivity (Wildman–Crippen MR) is 96.9 cm³/mol. The van der Waals surface area contributed by atoms with E-state index in [1.807, 2.05) is 19.2 Å². The van der Waals surface area contributed by atoms with Crippen molar-refractivity contribution >= 4 is 5.97 Å². The van der Waals surface area contributed by atoms with Gasteiger partial charge in [0.05, 0.1) is 25.9 Å². The van der Waals surface area contributed by atoms with Gasteiger partial charge in [0.2, 0.25) is 0 Å². The number of carboxylic acid groups (broad SMARTS) is 1. The quantitative estimate of drug-likeness (QED) is 0.734. The molecule has 0 bridgehead atoms. The Labute approximate surface area is 150 Å². The summed E-state index contributed by atoms with van der Waals surface area (Å²) in [5, 5.41) is 8.85. The number of morpholine rings is 1. The normalized spacial score (nSPS) is 18.7. The van der Waals surface area contributed by atoms with Crippen molar-refractivity contribution in [2.75, 3.05) is 46.4 Å². The molecule has 1 saturated heterocycles. The zero-order valence-corrected chi connectivity index (χ0v) is 15.5. The molecule has 2 rings (SSSR count). The molecule has 1 N–H and O–H groups in total. The van der Waals surface area contributed by atoms with Crippen LogP contribution in [0.1, 0.15) is 19.4 Å². The molecule has 0 saturated carbocycles. The highest BCUT2D eigenvalue weighted by Gasteiger charge is 2.22. The van der Waals surface area contributed by atoms with E-state index in [1.54, 1.807) is 4.90 Å². The molecule has 1 heterocycles. The fourth-order valence-corrected chi connectivity index (χ4v) is 2.89. The molecule has 0 aromatic heterocycles. The molecule has 1 aliphatic heterocycles. The molecule has 1 fully saturated rings. The van der Waals surface area contributed by atoms with Crippen LogP contribution in [0.5, 0.6) is 5.75 Å². The molecule has 6 heteroatoms. The van der Waals surface area contributed by atoms with E-state index in [2.05, 4.69) is 30.9 Å². The van der Waals surface area contributed by atoms with E-state index >= 15 is 0 Å². The number of nitrogens with zero attached hydrogens (tertiary/aromatic N) is 2. The summed E-state index contributed by atoms with van der Waals surface area (Å²) in [7, 11) is 1.81. The minimum Gasteiger partial charge on any atom is -0.493 e. The van der Waals surface area contributed by atoms with Crippen LogP contribution in [-0.2, 0) is 16.1 Å². The molecule has 0 aliphatic carbocycles. The maximum atomic E-state index is 10.8. The third-order valence-electron chi connectivity index (χ3n) is 4.06. The van der Waals surface area contributed by atoms with E-state index in [0.29, 0.717) is 19.1 Å². The zero-order chi connectivity index (χ0) is 18.2. The highest BCUT2D eigenvalue weighted by Crippen LogP contribution is 2.16. The number of benzene rings is 1. The number of hydrogen-bond acceptors (Lipinski definition) is 5. The summed E-state index contributed by atoms with van der Waals surface area (Å²) in [6.07, 6.45) is 0.0479. The van der Waals surface area contributed by atoms with E-state index in [9.17, 15) is 4.79 Å². The van der Waals surface area contributed by atoms with E-state index in [-0.39, 0.29) is 12.6 Å². The number of aliphatic carboxylic acids is 1. The largest absolute Gasteiger partial charge is 0.493 e. The third kappa shape index (κ3) is 7.42. The molecule has 140 valence electrons. The van der Waals surface area contributed by atoms with Crippen molar-refractivity contribution in [1.29, 1.82) is 0 Å². The van der Waals surface area contributed by atoms with E-state index in [4.69, 9.17) is 14.6 Å². The van der Waals surface area contributed by atoms with Crippen molar-refractivity contribution in [1.82, 2.24) is 9.80 Å². The molecule has 0 amide bonds. The number of rotatable bonds is 9. The van der Waals surface area contributed by atoms with Gasteiger partial charge in [-0.15, -0.1) is 0 Å². The molecule has 1 atom stereocenters. The lowest BCUT2D eigenvalue weighted by Gasteiger charge is -2.34. The molecule has 25 heavy (non-hydrogen) atoms. The SMILES string of the molecule is CC(C)COc1ccc(CN2CCOC(CN(C)CC(=O)O)C2)cc1. The Kier molecular flexibility index (Phi) is 7.68. The van der Waals surface area contributed by atoms with Crippen molar-refractivity contribution in [2.45, 2.75) is 26.5 Å². The molecule has 6 nitrogen and oxygen atoms in total. The first-order valence-corrected chi connectivity index (χ1v) is 8.88. The third-order valence-corrected chi connectivity index (χ3v) is 4.06. The summed E-state index contributed by atoms with van der Waals surface area (Å²) in [5.41, 5.74) is 1.25. The molecule has 1 aromatic rings. The lowest BCUT2D eigenvalue weighted by molar-refractivity contribution is -0.138. The van der Waals surface area contributed by atoms with E-state index in [1.165, 1.54) is 5.56 Å². The Morgan fingerprint density at radius 3 is 2.76 bits per heavy atom. The van der Waals surface area contributed by atoms with Crippen LogP contribution in [-0.4, -0.2) is 73.4 Å². The molecular weight excluding hydrogens is 320 g/mol. The van der Waals surface area contributed by atoms with Gasteiger partial charge in [0, 0.05) is 26.2 Å². The minimum absolute atomic E-state index is 0.0394. The van der Waals surface area contributed by atoms with Gasteiger partial charge in [-0.05, 0) is 30.7 Å². The molecule has 1 aromatic carbocycles. The van der Waals surface area contributed by atoms with Crippen LogP contribution in [0.25, 0.3) is 0 Å². The van der Waals surface area contributed by atoms with Crippen LogP contribution in [0, 0.1) is 5.92 Å². The Bertz CT molecular complexity index is 533. The topological polar surface area (TPSA) is 62.2 Å². The smallest absolute Gasteiger partial charge is 0.317 e. The highest BCUT2D eigenvalue weighted by molar-refractivity contribution is 5.69. The Morgan fingerprint density at radius 1 is 1.40 bits per heavy atom. The van der Waals surface area contributed by atoms with Gasteiger partial charge in [0.25, 0.3) is 0 Å². The first-order chi connectivity index (χ1) is 11.9. The predicted octanol–water partition coefficient (Wildman–Crippen LogP) is 1.94. The van der Waals surface area contributed by atoms with Gasteiger partial charge < -0.3 is 14.6 Å². The Balaban J connectivity index is 1.80. The second-order valence-electron chi connectivity index (χ2n) is 7.17. The van der Waals surface area contributed by atoms with Crippen molar-refractivity contribution in [3.8, 4) is 5.75 Å². The maximum Gasteiger partial charge on any atom is 0.317 e. The molecule has 1 unspecified atom stereocenters. The number of ether oxygens (including phenoxy) is 2. The van der Waals surface area contributed by atoms with Gasteiger partial charge in [-0.1, -0.05) is 26.0 Å². The van der Waals surface area contributed by atoms with E-state index in [0.717, 1.165) is 32.0 Å². The van der Waals surface area contributed by atoms with E-state index < -0.39 is 5.97 Å². The second kappa shape index (κ2) is 9.75. The second-order valence-corrected chi connectivity index (χ2v) is 7.17. The first kappa shape index (κ1) is 19.7. The van der Waals surface area contributed by atoms with Crippen LogP contribution in [0.15, 0.2) is 24.3 Å². The zero-order valence-electron chi connectivity index (χ0n) is 15.5. The van der Waals surface area contributed by atoms with Crippen molar-refractivity contribution in [3.63, 3.8) is 0 Å². The summed E-state index contributed by atoms with van der Waals surface area (Å²) in [4.78, 5) is 14.9. The molecular formula is C19H30N2O4. The average Bonchev–Trinajstić information content (AvgIpc) is 2.53. The average molecular weight is 350 g/mol. The molecule has 0 spiro atoms. The number of carboxylic acids is 1. The summed E-state index contributed by atoms with van der Waals surface area (Å²) in [6, 6.07) is 8.26. The number of hydrogen-bond donors (Lipinski definition) is 1. The molecule has 0 radical (unpaired) electrons. The fraction of sp³-hybridized carbons (Fsp3) is 0.632. The first-order valence-electron chi connectivity index (χ1n) is 8.88. The van der Waals surface area contributed by atoms with Gasteiger partial charge in [-0.3, -0.25) is 14.6 Å². The minimum atomic E-state index is -0.810. The maximum absolute atomic E-state index is 10.8. The van der Waals surface area contributed by atoms with Crippen LogP contribution in [0.2, 0.25) is 0 Å². The lowest BCUT2D eigenvalue weighted by Crippen LogP contribution is -2.47. The van der Waals surface area contributed by atoms with Gasteiger partial charge in [-0.2, -0.15) is 0 Å². The van der Waals surface area contributed by atoms with Gasteiger partial charge in [0.15, 0.2) is 0 Å². The van der Waals surface area contributed by atoms with Crippen LogP contribution in [0.3, 0.4) is 0 Å². The van der Waals surface area contributed by atoms with Crippen molar-refractivity contribution < 1.29 is 19.4 Å². The standard InChI is InChI=1S/C19H30N2O4/c1-15(2)14-25-17-6-4-16(5-7-17)10-21-8-9-24-18(12-21)11-20(3)13-19(22)23/h4-7,15,18H,8-14H2,1-3H3,(H,22,23). The van der Waals surface area contributed by atoms with Gasteiger partial charge in [0.1, 0.15) is 5.75 Å². The number of carbonyl (C=O) groups is 1. The van der Waals surface area contributed by atoms with Crippen molar-refractivity contribution in [3.05, 3.63) is 29.8 Å².